The minimum atomic E-state index is -0.352. The van der Waals surface area contributed by atoms with E-state index in [2.05, 4.69) is 0 Å². The summed E-state index contributed by atoms with van der Waals surface area (Å²) < 4.78 is 5.02. The van der Waals surface area contributed by atoms with Gasteiger partial charge in [-0.1, -0.05) is 0 Å². The molecule has 0 aliphatic heterocycles. The number of nitrogens with zero attached hydrogens (tertiary/aromatic N) is 1. The smallest absolute Gasteiger partial charge is 0.0899 e. The van der Waals surface area contributed by atoms with E-state index >= 15 is 0 Å². The Hall–Kier alpha value is -0.120. The molecule has 0 bridgehead atoms. The van der Waals surface area contributed by atoms with Gasteiger partial charge in [0.2, 0.25) is 0 Å². The molecule has 0 radical (unpaired) electrons. The van der Waals surface area contributed by atoms with Crippen LogP contribution in [0.3, 0.4) is 0 Å². The summed E-state index contributed by atoms with van der Waals surface area (Å²) in [5, 5.41) is 9.18. The Morgan fingerprint density at radius 1 is 1.50 bits per heavy atom. The Morgan fingerprint density at radius 2 is 2.10 bits per heavy atom. The third-order valence-electron chi connectivity index (χ3n) is 1.09. The first-order valence-corrected chi connectivity index (χ1v) is 3.57. The summed E-state index contributed by atoms with van der Waals surface area (Å²) in [6.45, 7) is 3.70. The van der Waals surface area contributed by atoms with E-state index in [1.54, 1.807) is 0 Å². The number of likely N-dealkylation sites (N-methyl/N-ethyl adjacent to an activating group) is 1. The number of rotatable bonds is 5. The summed E-state index contributed by atoms with van der Waals surface area (Å²) in [4.78, 5) is 1.93. The van der Waals surface area contributed by atoms with Crippen molar-refractivity contribution in [1.82, 2.24) is 4.90 Å². The van der Waals surface area contributed by atoms with Gasteiger partial charge < -0.3 is 14.7 Å². The molecule has 0 aliphatic rings. The normalized spacial score (nSPS) is 14.1. The van der Waals surface area contributed by atoms with E-state index in [-0.39, 0.29) is 6.10 Å². The van der Waals surface area contributed by atoms with Gasteiger partial charge in [-0.3, -0.25) is 0 Å². The minimum Gasteiger partial charge on any atom is -0.389 e. The van der Waals surface area contributed by atoms with Crippen molar-refractivity contribution >= 4 is 0 Å². The molecule has 0 amide bonds. The Kier molecular flexibility index (Phi) is 5.58. The maximum absolute atomic E-state index is 9.18. The first-order valence-electron chi connectivity index (χ1n) is 3.57. The summed E-state index contributed by atoms with van der Waals surface area (Å²) in [6.07, 6.45) is -0.352. The van der Waals surface area contributed by atoms with E-state index in [0.29, 0.717) is 19.8 Å². The van der Waals surface area contributed by atoms with Crippen molar-refractivity contribution in [2.45, 2.75) is 13.0 Å². The molecule has 0 saturated carbocycles. The van der Waals surface area contributed by atoms with Gasteiger partial charge in [0.25, 0.3) is 0 Å². The first kappa shape index (κ1) is 9.88. The fraction of sp³-hybridized carbons (Fsp3) is 1.00. The minimum absolute atomic E-state index is 0.352. The van der Waals surface area contributed by atoms with Crippen LogP contribution < -0.4 is 0 Å². The molecule has 0 aliphatic carbocycles. The molecule has 62 valence electrons. The molecule has 0 unspecified atom stereocenters. The van der Waals surface area contributed by atoms with Crippen molar-refractivity contribution in [3.8, 4) is 0 Å². The summed E-state index contributed by atoms with van der Waals surface area (Å²) in [7, 11) is 3.85. The zero-order valence-electron chi connectivity index (χ0n) is 7.00. The first-order chi connectivity index (χ1) is 4.66. The molecule has 0 rings (SSSR count). The van der Waals surface area contributed by atoms with Gasteiger partial charge in [0, 0.05) is 13.2 Å². The van der Waals surface area contributed by atoms with Crippen molar-refractivity contribution in [2.75, 3.05) is 33.9 Å². The Labute approximate surface area is 62.6 Å². The highest BCUT2D eigenvalue weighted by atomic mass is 16.5. The second kappa shape index (κ2) is 5.65. The number of hydrogen-bond acceptors (Lipinski definition) is 3. The molecule has 1 atom stereocenters. The molecule has 1 N–H and O–H groups in total. The lowest BCUT2D eigenvalue weighted by Gasteiger charge is -2.15. The van der Waals surface area contributed by atoms with Crippen LogP contribution in [0.5, 0.6) is 0 Å². The highest BCUT2D eigenvalue weighted by Gasteiger charge is 2.03. The van der Waals surface area contributed by atoms with Gasteiger partial charge in [-0.05, 0) is 21.0 Å². The lowest BCUT2D eigenvalue weighted by atomic mass is 10.3. The SMILES string of the molecule is CCOC[C@@H](O)CN(C)C. The molecule has 0 heterocycles. The molecule has 0 aromatic rings. The Bertz CT molecular complexity index is 76.0. The second-order valence-corrected chi connectivity index (χ2v) is 2.58. The van der Waals surface area contributed by atoms with E-state index in [0.717, 1.165) is 0 Å². The topological polar surface area (TPSA) is 32.7 Å². The maximum atomic E-state index is 9.18. The molecule has 10 heavy (non-hydrogen) atoms. The Morgan fingerprint density at radius 3 is 2.50 bits per heavy atom. The van der Waals surface area contributed by atoms with Crippen LogP contribution in [0.2, 0.25) is 0 Å². The van der Waals surface area contributed by atoms with E-state index in [4.69, 9.17) is 4.74 Å². The number of hydrogen-bond donors (Lipinski definition) is 1. The van der Waals surface area contributed by atoms with E-state index < -0.39 is 0 Å². The average molecular weight is 147 g/mol. The standard InChI is InChI=1S/C7H17NO2/c1-4-10-6-7(9)5-8(2)3/h7,9H,4-6H2,1-3H3/t7-/m0/s1. The van der Waals surface area contributed by atoms with Gasteiger partial charge >= 0.3 is 0 Å². The molecule has 0 spiro atoms. The van der Waals surface area contributed by atoms with Crippen LogP contribution in [0.4, 0.5) is 0 Å². The summed E-state index contributed by atoms with van der Waals surface area (Å²) in [5.74, 6) is 0. The quantitative estimate of drug-likeness (QED) is 0.591. The van der Waals surface area contributed by atoms with Crippen molar-refractivity contribution in [2.24, 2.45) is 0 Å². The van der Waals surface area contributed by atoms with E-state index in [9.17, 15) is 5.11 Å². The number of aliphatic hydroxyl groups is 1. The zero-order valence-corrected chi connectivity index (χ0v) is 7.00. The van der Waals surface area contributed by atoms with Gasteiger partial charge in [-0.15, -0.1) is 0 Å². The fourth-order valence-electron chi connectivity index (χ4n) is 0.728. The highest BCUT2D eigenvalue weighted by molar-refractivity contribution is 4.56. The molecule has 3 heteroatoms. The van der Waals surface area contributed by atoms with Crippen LogP contribution in [-0.2, 0) is 4.74 Å². The van der Waals surface area contributed by atoms with Gasteiger partial charge in [0.1, 0.15) is 0 Å². The van der Waals surface area contributed by atoms with Gasteiger partial charge in [0.05, 0.1) is 12.7 Å². The molecule has 3 nitrogen and oxygen atoms in total. The van der Waals surface area contributed by atoms with Gasteiger partial charge in [-0.25, -0.2) is 0 Å². The summed E-state index contributed by atoms with van der Waals surface area (Å²) in [5.41, 5.74) is 0. The molecule has 0 fully saturated rings. The van der Waals surface area contributed by atoms with Crippen LogP contribution in [0.15, 0.2) is 0 Å². The Balaban J connectivity index is 3.16. The highest BCUT2D eigenvalue weighted by Crippen LogP contribution is 1.87. The predicted molar refractivity (Wildman–Crippen MR) is 41.1 cm³/mol. The molecule has 0 saturated heterocycles. The van der Waals surface area contributed by atoms with Gasteiger partial charge in [0.15, 0.2) is 0 Å². The number of ether oxygens (including phenoxy) is 1. The van der Waals surface area contributed by atoms with Crippen molar-refractivity contribution < 1.29 is 9.84 Å². The van der Waals surface area contributed by atoms with Crippen molar-refractivity contribution in [3.05, 3.63) is 0 Å². The average Bonchev–Trinajstić information content (AvgIpc) is 1.82. The lowest BCUT2D eigenvalue weighted by molar-refractivity contribution is 0.0292. The maximum Gasteiger partial charge on any atom is 0.0899 e. The largest absolute Gasteiger partial charge is 0.389 e. The van der Waals surface area contributed by atoms with Crippen LogP contribution >= 0.6 is 0 Å². The van der Waals surface area contributed by atoms with E-state index in [1.165, 1.54) is 0 Å². The monoisotopic (exact) mass is 147 g/mol. The molecule has 0 aromatic carbocycles. The van der Waals surface area contributed by atoms with Gasteiger partial charge in [-0.2, -0.15) is 0 Å². The molecular weight excluding hydrogens is 130 g/mol. The summed E-state index contributed by atoms with van der Waals surface area (Å²) >= 11 is 0. The second-order valence-electron chi connectivity index (χ2n) is 2.58. The third-order valence-corrected chi connectivity index (χ3v) is 1.09. The third kappa shape index (κ3) is 6.01. The fourth-order valence-corrected chi connectivity index (χ4v) is 0.728. The van der Waals surface area contributed by atoms with E-state index in [1.807, 2.05) is 25.9 Å². The van der Waals surface area contributed by atoms with Crippen LogP contribution in [-0.4, -0.2) is 50.0 Å². The van der Waals surface area contributed by atoms with Crippen molar-refractivity contribution in [1.29, 1.82) is 0 Å². The lowest BCUT2D eigenvalue weighted by Crippen LogP contribution is -2.29. The zero-order chi connectivity index (χ0) is 7.98. The van der Waals surface area contributed by atoms with Crippen LogP contribution in [0.1, 0.15) is 6.92 Å². The summed E-state index contributed by atoms with van der Waals surface area (Å²) in [6, 6.07) is 0. The van der Waals surface area contributed by atoms with Crippen LogP contribution in [0.25, 0.3) is 0 Å². The number of aliphatic hydroxyl groups excluding tert-OH is 1. The molecular formula is C7H17NO2. The van der Waals surface area contributed by atoms with Crippen molar-refractivity contribution in [3.63, 3.8) is 0 Å². The predicted octanol–water partition coefficient (Wildman–Crippen LogP) is -0.0546. The van der Waals surface area contributed by atoms with Crippen LogP contribution in [0, 0.1) is 0 Å². The molecule has 0 aromatic heterocycles.